The normalized spacial score (nSPS) is 21.7. The molecule has 0 aromatic carbocycles. The van der Waals surface area contributed by atoms with Gasteiger partial charge in [0.15, 0.2) is 0 Å². The van der Waals surface area contributed by atoms with Crippen molar-refractivity contribution in [1.29, 1.82) is 0 Å². The molecule has 0 bridgehead atoms. The van der Waals surface area contributed by atoms with Crippen molar-refractivity contribution in [3.05, 3.63) is 23.7 Å². The summed E-state index contributed by atoms with van der Waals surface area (Å²) < 4.78 is 5.64. The second-order valence-corrected chi connectivity index (χ2v) is 6.53. The first kappa shape index (κ1) is 13.6. The molecule has 18 heavy (non-hydrogen) atoms. The summed E-state index contributed by atoms with van der Waals surface area (Å²) in [6.45, 7) is 13.1. The van der Waals surface area contributed by atoms with Crippen molar-refractivity contribution in [1.82, 2.24) is 10.2 Å². The number of likely N-dealkylation sites (tertiary alicyclic amines) is 1. The first-order valence-electron chi connectivity index (χ1n) is 6.95. The maximum absolute atomic E-state index is 5.64. The molecule has 0 saturated carbocycles. The van der Waals surface area contributed by atoms with Crippen LogP contribution in [0.1, 0.15) is 38.7 Å². The lowest BCUT2D eigenvalue weighted by molar-refractivity contribution is 0.278. The smallest absolute Gasteiger partial charge is 0.118 e. The number of nitrogens with zero attached hydrogens (tertiary/aromatic N) is 1. The van der Waals surface area contributed by atoms with Crippen LogP contribution in [0.3, 0.4) is 0 Å². The summed E-state index contributed by atoms with van der Waals surface area (Å²) in [6, 6.07) is 4.14. The Balaban J connectivity index is 1.75. The molecule has 1 fully saturated rings. The third-order valence-corrected chi connectivity index (χ3v) is 3.47. The Morgan fingerprint density at radius 2 is 2.17 bits per heavy atom. The molecule has 0 spiro atoms. The van der Waals surface area contributed by atoms with E-state index in [1.807, 2.05) is 13.0 Å². The van der Waals surface area contributed by atoms with Crippen molar-refractivity contribution in [2.24, 2.45) is 5.92 Å². The number of furan rings is 1. The lowest BCUT2D eigenvalue weighted by Gasteiger charge is -2.23. The van der Waals surface area contributed by atoms with E-state index in [-0.39, 0.29) is 5.54 Å². The zero-order valence-electron chi connectivity index (χ0n) is 12.1. The number of hydrogen-bond donors (Lipinski definition) is 1. The molecule has 1 aliphatic heterocycles. The van der Waals surface area contributed by atoms with Gasteiger partial charge in [-0.3, -0.25) is 4.90 Å². The van der Waals surface area contributed by atoms with Crippen molar-refractivity contribution >= 4 is 0 Å². The minimum absolute atomic E-state index is 0.228. The highest BCUT2D eigenvalue weighted by atomic mass is 16.3. The van der Waals surface area contributed by atoms with Gasteiger partial charge in [0.05, 0.1) is 6.54 Å². The molecule has 1 aromatic rings. The molecule has 0 aliphatic carbocycles. The molecule has 1 N–H and O–H groups in total. The minimum atomic E-state index is 0.228. The van der Waals surface area contributed by atoms with Crippen LogP contribution in [0.25, 0.3) is 0 Å². The highest BCUT2D eigenvalue weighted by Crippen LogP contribution is 2.19. The van der Waals surface area contributed by atoms with Gasteiger partial charge >= 0.3 is 0 Å². The van der Waals surface area contributed by atoms with Gasteiger partial charge in [0.1, 0.15) is 11.5 Å². The molecule has 3 heteroatoms. The predicted octanol–water partition coefficient (Wildman–Crippen LogP) is 2.80. The van der Waals surface area contributed by atoms with Crippen LogP contribution in [0.4, 0.5) is 0 Å². The maximum Gasteiger partial charge on any atom is 0.118 e. The molecule has 0 radical (unpaired) electrons. The highest BCUT2D eigenvalue weighted by Gasteiger charge is 2.24. The summed E-state index contributed by atoms with van der Waals surface area (Å²) in [4.78, 5) is 2.49. The third-order valence-electron chi connectivity index (χ3n) is 3.47. The van der Waals surface area contributed by atoms with Gasteiger partial charge in [0.2, 0.25) is 0 Å². The second-order valence-electron chi connectivity index (χ2n) is 6.53. The van der Waals surface area contributed by atoms with Crippen LogP contribution < -0.4 is 5.32 Å². The third kappa shape index (κ3) is 4.14. The first-order chi connectivity index (χ1) is 8.42. The van der Waals surface area contributed by atoms with E-state index in [0.717, 1.165) is 30.5 Å². The molecule has 1 aliphatic rings. The van der Waals surface area contributed by atoms with Crippen LogP contribution in [0.2, 0.25) is 0 Å². The molecule has 3 nitrogen and oxygen atoms in total. The fourth-order valence-corrected chi connectivity index (χ4v) is 2.46. The lowest BCUT2D eigenvalue weighted by Crippen LogP contribution is -2.39. The van der Waals surface area contributed by atoms with E-state index in [0.29, 0.717) is 0 Å². The monoisotopic (exact) mass is 250 g/mol. The Labute approximate surface area is 111 Å². The Kier molecular flexibility index (Phi) is 4.13. The lowest BCUT2D eigenvalue weighted by atomic mass is 10.1. The van der Waals surface area contributed by atoms with Gasteiger partial charge in [-0.15, -0.1) is 0 Å². The SMILES string of the molecule is Cc1ccc(CN2CCC(CNC(C)(C)C)C2)o1. The van der Waals surface area contributed by atoms with E-state index in [9.17, 15) is 0 Å². The largest absolute Gasteiger partial charge is 0.465 e. The van der Waals surface area contributed by atoms with Gasteiger partial charge in [-0.05, 0) is 65.3 Å². The van der Waals surface area contributed by atoms with Crippen LogP contribution in [0.5, 0.6) is 0 Å². The topological polar surface area (TPSA) is 28.4 Å². The van der Waals surface area contributed by atoms with Crippen LogP contribution in [0, 0.1) is 12.8 Å². The molecule has 0 amide bonds. The highest BCUT2D eigenvalue weighted by molar-refractivity contribution is 5.05. The van der Waals surface area contributed by atoms with E-state index in [4.69, 9.17) is 4.42 Å². The van der Waals surface area contributed by atoms with Crippen LogP contribution >= 0.6 is 0 Å². The summed E-state index contributed by atoms with van der Waals surface area (Å²) in [5, 5.41) is 3.60. The van der Waals surface area contributed by atoms with Gasteiger partial charge in [-0.2, -0.15) is 0 Å². The van der Waals surface area contributed by atoms with Crippen LogP contribution in [-0.2, 0) is 6.54 Å². The molecule has 102 valence electrons. The number of rotatable bonds is 4. The molecular formula is C15H26N2O. The van der Waals surface area contributed by atoms with E-state index in [1.165, 1.54) is 19.5 Å². The van der Waals surface area contributed by atoms with Crippen molar-refractivity contribution < 1.29 is 4.42 Å². The number of aryl methyl sites for hydroxylation is 1. The molecule has 1 atom stereocenters. The fraction of sp³-hybridized carbons (Fsp3) is 0.733. The molecule has 1 unspecified atom stereocenters. The predicted molar refractivity (Wildman–Crippen MR) is 74.6 cm³/mol. The molecule has 1 aromatic heterocycles. The second kappa shape index (κ2) is 5.45. The molecule has 2 heterocycles. The van der Waals surface area contributed by atoms with Gasteiger partial charge in [-0.1, -0.05) is 0 Å². The van der Waals surface area contributed by atoms with Gasteiger partial charge in [-0.25, -0.2) is 0 Å². The van der Waals surface area contributed by atoms with Gasteiger partial charge in [0.25, 0.3) is 0 Å². The fourth-order valence-electron chi connectivity index (χ4n) is 2.46. The number of hydrogen-bond acceptors (Lipinski definition) is 3. The summed E-state index contributed by atoms with van der Waals surface area (Å²) in [7, 11) is 0. The first-order valence-corrected chi connectivity index (χ1v) is 6.95. The summed E-state index contributed by atoms with van der Waals surface area (Å²) >= 11 is 0. The van der Waals surface area contributed by atoms with E-state index >= 15 is 0 Å². The van der Waals surface area contributed by atoms with Crippen molar-refractivity contribution in [2.45, 2.75) is 46.2 Å². The quantitative estimate of drug-likeness (QED) is 0.890. The van der Waals surface area contributed by atoms with Crippen molar-refractivity contribution in [2.75, 3.05) is 19.6 Å². The standard InChI is InChI=1S/C15H26N2O/c1-12-5-6-14(18-12)11-17-8-7-13(10-17)9-16-15(2,3)4/h5-6,13,16H,7-11H2,1-4H3. The molecule has 2 rings (SSSR count). The summed E-state index contributed by atoms with van der Waals surface area (Å²) in [5.41, 5.74) is 0.228. The van der Waals surface area contributed by atoms with Crippen LogP contribution in [0.15, 0.2) is 16.5 Å². The van der Waals surface area contributed by atoms with Crippen molar-refractivity contribution in [3.63, 3.8) is 0 Å². The average molecular weight is 250 g/mol. The van der Waals surface area contributed by atoms with Crippen molar-refractivity contribution in [3.8, 4) is 0 Å². The Hall–Kier alpha value is -0.800. The van der Waals surface area contributed by atoms with Gasteiger partial charge in [0, 0.05) is 12.1 Å². The average Bonchev–Trinajstić information content (AvgIpc) is 2.85. The maximum atomic E-state index is 5.64. The zero-order valence-corrected chi connectivity index (χ0v) is 12.1. The van der Waals surface area contributed by atoms with Gasteiger partial charge < -0.3 is 9.73 Å². The van der Waals surface area contributed by atoms with E-state index < -0.39 is 0 Å². The molecule has 1 saturated heterocycles. The van der Waals surface area contributed by atoms with E-state index in [1.54, 1.807) is 0 Å². The molecular weight excluding hydrogens is 224 g/mol. The number of nitrogens with one attached hydrogen (secondary N) is 1. The van der Waals surface area contributed by atoms with Crippen LogP contribution in [-0.4, -0.2) is 30.1 Å². The summed E-state index contributed by atoms with van der Waals surface area (Å²) in [5.74, 6) is 2.88. The summed E-state index contributed by atoms with van der Waals surface area (Å²) in [6.07, 6.45) is 1.29. The zero-order chi connectivity index (χ0) is 13.2. The Bertz CT molecular complexity index is 378. The minimum Gasteiger partial charge on any atom is -0.465 e. The Morgan fingerprint density at radius 3 is 2.78 bits per heavy atom. The Morgan fingerprint density at radius 1 is 1.39 bits per heavy atom. The van der Waals surface area contributed by atoms with E-state index in [2.05, 4.69) is 37.1 Å².